The third kappa shape index (κ3) is 16.7. The highest BCUT2D eigenvalue weighted by atomic mass is 127. The van der Waals surface area contributed by atoms with Gasteiger partial charge in [0.1, 0.15) is 60.7 Å². The number of nitrogens with one attached hydrogen (secondary N) is 5. The molecule has 0 amide bonds. The first kappa shape index (κ1) is 74.6. The summed E-state index contributed by atoms with van der Waals surface area (Å²) in [6.45, 7) is 4.46. The van der Waals surface area contributed by atoms with E-state index >= 15 is 4.39 Å². The van der Waals surface area contributed by atoms with Gasteiger partial charge < -0.3 is 74.4 Å². The van der Waals surface area contributed by atoms with Crippen LogP contribution in [0.5, 0.6) is 0 Å². The van der Waals surface area contributed by atoms with E-state index in [0.717, 1.165) is 65.6 Å². The predicted octanol–water partition coefficient (Wildman–Crippen LogP) is -5.04. The molecule has 94 heavy (non-hydrogen) atoms. The first-order valence-corrected chi connectivity index (χ1v) is 31.9. The first-order valence-electron chi connectivity index (χ1n) is 27.3. The summed E-state index contributed by atoms with van der Waals surface area (Å²) in [4.78, 5) is 135. The molecule has 5 fully saturated rings. The van der Waals surface area contributed by atoms with Crippen LogP contribution < -0.4 is 56.2 Å². The van der Waals surface area contributed by atoms with Crippen LogP contribution in [0.15, 0.2) is 152 Å². The van der Waals surface area contributed by atoms with Crippen LogP contribution in [0.4, 0.5) is 8.78 Å². The highest BCUT2D eigenvalue weighted by Gasteiger charge is 2.57. The Morgan fingerprint density at radius 2 is 0.894 bits per heavy atom. The number of esters is 1. The fraction of sp³-hybridized carbons (Fsp3) is 0.453. The Morgan fingerprint density at radius 1 is 0.521 bits per heavy atom. The molecule has 36 nitrogen and oxygen atoms in total. The lowest BCUT2D eigenvalue weighted by Crippen LogP contribution is -2.40. The van der Waals surface area contributed by atoms with Crippen molar-refractivity contribution in [3.63, 3.8) is 0 Å². The van der Waals surface area contributed by atoms with Crippen LogP contribution in [0.3, 0.4) is 0 Å². The molecule has 1 aromatic carbocycles. The monoisotopic (exact) mass is 1670 g/mol. The number of nitrogens with zero attached hydrogens (tertiary/aromatic N) is 5. The Labute approximate surface area is 562 Å². The largest absolute Gasteiger partial charge is 0.469 e. The van der Waals surface area contributed by atoms with Crippen LogP contribution in [0.2, 0.25) is 0 Å². The number of hydrogen-bond acceptors (Lipinski definition) is 26. The predicted molar refractivity (Wildman–Crippen MR) is 338 cm³/mol. The Balaban J connectivity index is 0.000000168. The molecule has 0 radical (unpaired) electrons. The van der Waals surface area contributed by atoms with Gasteiger partial charge in [-0.1, -0.05) is 99.5 Å². The molecule has 0 aliphatic carbocycles. The maximum Gasteiger partial charge on any atom is 0.338 e. The second-order valence-corrected chi connectivity index (χ2v) is 23.1. The van der Waals surface area contributed by atoms with E-state index in [1.54, 1.807) is 59.8 Å². The number of carbonyl (C=O) groups is 1. The number of ether oxygens (including phenoxy) is 6. The Bertz CT molecular complexity index is 4170. The Hall–Kier alpha value is -6.84. The zero-order chi connectivity index (χ0) is 69.4. The van der Waals surface area contributed by atoms with Crippen LogP contribution >= 0.6 is 67.8 Å². The van der Waals surface area contributed by atoms with E-state index in [0.29, 0.717) is 9.99 Å². The molecule has 5 aliphatic rings. The van der Waals surface area contributed by atoms with E-state index in [4.69, 9.17) is 33.5 Å². The number of H-pyrrole nitrogens is 5. The first-order chi connectivity index (χ1) is 44.3. The van der Waals surface area contributed by atoms with Gasteiger partial charge in [-0.3, -0.25) is 71.7 Å². The molecule has 11 rings (SSSR count). The number of benzene rings is 1. The molecule has 41 heteroatoms. The van der Waals surface area contributed by atoms with Crippen LogP contribution in [0, 0.1) is 5.92 Å². The van der Waals surface area contributed by atoms with Gasteiger partial charge in [0.05, 0.1) is 33.0 Å². The van der Waals surface area contributed by atoms with E-state index in [9.17, 15) is 98.0 Å². The summed E-state index contributed by atoms with van der Waals surface area (Å²) in [5, 5.41) is 85.7. The molecule has 14 N–H and O–H groups in total. The minimum absolute atomic E-state index is 0.0140. The smallest absolute Gasteiger partial charge is 0.338 e. The molecule has 5 saturated heterocycles. The van der Waals surface area contributed by atoms with Crippen molar-refractivity contribution in [1.82, 2.24) is 47.8 Å². The van der Waals surface area contributed by atoms with Gasteiger partial charge in [-0.05, 0) is 12.1 Å². The minimum Gasteiger partial charge on any atom is -0.469 e. The molecule has 0 saturated carbocycles. The molecule has 0 bridgehead atoms. The van der Waals surface area contributed by atoms with Crippen molar-refractivity contribution < 1.29 is 88.0 Å². The SMILES string of the molecule is C=C1O[C@@H](n2ccc(=O)[nH]c2=O)[C@H](O)[C@@H]1O.C[C@H]1[C@@H](OC(=O)c2ccccc2)[C@H](n2ccc(=O)[nH]c2=O)O[C@]1(F)CI.O=c1ccn([C@@H]2O[C@H](CI)[C@@H](O)[C@H]2O)c(=O)[nH]1.O=c1ccn([C@@H]2O[C@H](CO)[C@@H](O)[C@H]2O)c(=O)[nH]1.O=c1ccn([C@@H]2O[C@](F)(CI)[C@@H](O)[C@H]2O)c(=O)[nH]1. The molecule has 0 unspecified atom stereocenters. The van der Waals surface area contributed by atoms with Crippen molar-refractivity contribution in [1.29, 1.82) is 0 Å². The van der Waals surface area contributed by atoms with Gasteiger partial charge in [-0.15, -0.1) is 0 Å². The van der Waals surface area contributed by atoms with Crippen LogP contribution in [0.25, 0.3) is 0 Å². The quantitative estimate of drug-likeness (QED) is 0.0328. The lowest BCUT2D eigenvalue weighted by Gasteiger charge is -2.23. The normalized spacial score (nSPS) is 31.5. The fourth-order valence-corrected chi connectivity index (χ4v) is 11.7. The lowest BCUT2D eigenvalue weighted by atomic mass is 9.99. The Kier molecular flexibility index (Phi) is 25.2. The van der Waals surface area contributed by atoms with E-state index in [1.165, 1.54) is 18.6 Å². The molecule has 5 aromatic heterocycles. The maximum atomic E-state index is 15.1. The summed E-state index contributed by atoms with van der Waals surface area (Å²) in [5.41, 5.74) is -6.33. The van der Waals surface area contributed by atoms with Crippen molar-refractivity contribution in [2.24, 2.45) is 5.92 Å². The number of aliphatic hydroxyl groups is 9. The van der Waals surface area contributed by atoms with E-state index in [2.05, 4.69) is 16.5 Å². The third-order valence-electron chi connectivity index (χ3n) is 14.6. The standard InChI is InChI=1S/C17H16FIN2O5.C9H10FIN2O5.C9H11IN2O5.C9H12N2O6.C9H10N2O5/c1-10-13(25-15(23)11-5-3-2-4-6-11)14(26-17(10,18)9-19)21-8-7-12(22)20-16(21)24;10-9(3-11)6(16)5(15)7(18-9)13-2-1-4(14)12-8(13)17;10-3-4-6(14)7(15)8(17-4)12-2-1-5(13)11-9(12)16;12-3-4-6(14)7(15)8(17-4)11-2-1-5(13)10-9(11)16;1-4-6(13)7(14)8(16-4)11-3-2-5(12)10-9(11)15/h2-8,10,13-14H,9H2,1H3,(H,20,22,24);1-2,5-7,15-16H,3H2,(H,12,14,17);1-2,4,6-8,14-15H,3H2,(H,11,13,16);1-2,4,6-8,12,14-15H,3H2,(H,10,13,16);2-3,6-8,13-14H,1H2,(H,10,12,15)/t10-,13+,14+,17+;5-,6+,7-,9-;2*4-,6-,7-,8-;6-,7-,8-/m01111/s1. The van der Waals surface area contributed by atoms with Crippen molar-refractivity contribution in [2.45, 2.75) is 117 Å². The van der Waals surface area contributed by atoms with Crippen molar-refractivity contribution in [3.05, 3.63) is 214 Å². The van der Waals surface area contributed by atoms with E-state index in [-0.39, 0.29) is 14.6 Å². The average molecular weight is 1670 g/mol. The number of halogens is 5. The number of hydrogen-bond donors (Lipinski definition) is 14. The van der Waals surface area contributed by atoms with Crippen LogP contribution in [0.1, 0.15) is 48.4 Å². The van der Waals surface area contributed by atoms with Crippen molar-refractivity contribution in [3.8, 4) is 0 Å². The van der Waals surface area contributed by atoms with Gasteiger partial charge in [0.25, 0.3) is 27.8 Å². The second kappa shape index (κ2) is 31.8. The van der Waals surface area contributed by atoms with Crippen LogP contribution in [-0.2, 0) is 28.4 Å². The number of aromatic amines is 5. The second-order valence-electron chi connectivity index (χ2n) is 20.7. The molecule has 10 heterocycles. The lowest BCUT2D eigenvalue weighted by molar-refractivity contribution is -0.169. The highest BCUT2D eigenvalue weighted by molar-refractivity contribution is 14.1. The number of rotatable bonds is 11. The molecule has 0 spiro atoms. The zero-order valence-electron chi connectivity index (χ0n) is 48.1. The van der Waals surface area contributed by atoms with Gasteiger partial charge in [-0.2, -0.15) is 0 Å². The topological polar surface area (TPSA) is 529 Å². The van der Waals surface area contributed by atoms with Gasteiger partial charge in [-0.25, -0.2) is 37.5 Å². The fourth-order valence-electron chi connectivity index (χ4n) is 9.44. The zero-order valence-corrected chi connectivity index (χ0v) is 54.6. The third-order valence-corrected chi connectivity index (χ3v) is 17.6. The van der Waals surface area contributed by atoms with Gasteiger partial charge >= 0.3 is 34.4 Å². The minimum atomic E-state index is -2.43. The molecule has 6 aromatic rings. The molecule has 5 aliphatic heterocycles. The van der Waals surface area contributed by atoms with E-state index < -0.39 is 185 Å². The van der Waals surface area contributed by atoms with Crippen molar-refractivity contribution in [2.75, 3.05) is 19.9 Å². The van der Waals surface area contributed by atoms with Gasteiger partial charge in [0, 0.05) is 65.7 Å². The van der Waals surface area contributed by atoms with Crippen LogP contribution in [-0.4, -0.2) is 198 Å². The molecular weight excluding hydrogens is 1610 g/mol. The van der Waals surface area contributed by atoms with Gasteiger partial charge in [0.15, 0.2) is 31.0 Å². The molecule has 512 valence electrons. The summed E-state index contributed by atoms with van der Waals surface area (Å²) in [7, 11) is 0. The molecular formula is C53H59F2I3N10O26. The summed E-state index contributed by atoms with van der Waals surface area (Å²) in [5.74, 6) is -6.00. The number of aromatic nitrogens is 10. The maximum absolute atomic E-state index is 15.1. The molecule has 19 atom stereocenters. The highest BCUT2D eigenvalue weighted by Crippen LogP contribution is 2.45. The number of alkyl halides is 5. The van der Waals surface area contributed by atoms with Crippen molar-refractivity contribution >= 4 is 73.7 Å². The summed E-state index contributed by atoms with van der Waals surface area (Å²) < 4.78 is 65.6. The number of carbonyl (C=O) groups excluding carboxylic acids is 1. The number of aliphatic hydroxyl groups excluding tert-OH is 9. The average Bonchev–Trinajstić information content (AvgIpc) is 1.63. The Morgan fingerprint density at radius 3 is 1.23 bits per heavy atom. The summed E-state index contributed by atoms with van der Waals surface area (Å²) >= 11 is 5.51. The van der Waals surface area contributed by atoms with E-state index in [1.807, 2.05) is 60.1 Å². The van der Waals surface area contributed by atoms with Gasteiger partial charge in [0.2, 0.25) is 17.9 Å². The summed E-state index contributed by atoms with van der Waals surface area (Å²) in [6, 6.07) is 13.8. The summed E-state index contributed by atoms with van der Waals surface area (Å²) in [6.07, 6.45) is -13.3.